The summed E-state index contributed by atoms with van der Waals surface area (Å²) in [5.41, 5.74) is 0. The fourth-order valence-electron chi connectivity index (χ4n) is 3.07. The number of rotatable bonds is 22. The van der Waals surface area contributed by atoms with Gasteiger partial charge in [0.1, 0.15) is 0 Å². The Morgan fingerprint density at radius 3 is 2.03 bits per heavy atom. The minimum atomic E-state index is -3.21. The van der Waals surface area contributed by atoms with Crippen LogP contribution in [0.25, 0.3) is 0 Å². The van der Waals surface area contributed by atoms with Gasteiger partial charge in [-0.1, -0.05) is 77.0 Å². The van der Waals surface area contributed by atoms with Crippen LogP contribution in [0.4, 0.5) is 0 Å². The van der Waals surface area contributed by atoms with E-state index in [1.54, 1.807) is 0 Å². The first-order chi connectivity index (χ1) is 14.5. The van der Waals surface area contributed by atoms with Gasteiger partial charge in [-0.3, -0.25) is 4.79 Å². The van der Waals surface area contributed by atoms with Crippen molar-refractivity contribution in [3.63, 3.8) is 0 Å². The quantitative estimate of drug-likeness (QED) is 0.172. The minimum Gasteiger partial charge on any atom is -0.379 e. The van der Waals surface area contributed by atoms with Gasteiger partial charge in [-0.2, -0.15) is 0 Å². The molecule has 5 nitrogen and oxygen atoms in total. The minimum absolute atomic E-state index is 0.0370. The van der Waals surface area contributed by atoms with Crippen molar-refractivity contribution in [3.05, 3.63) is 24.1 Å². The fourth-order valence-corrected chi connectivity index (χ4v) is 3.58. The first-order valence-corrected chi connectivity index (χ1v) is 13.6. The zero-order valence-corrected chi connectivity index (χ0v) is 20.0. The lowest BCUT2D eigenvalue weighted by molar-refractivity contribution is -0.121. The lowest BCUT2D eigenvalue weighted by Gasteiger charge is -2.06. The normalized spacial score (nSPS) is 11.8. The molecule has 30 heavy (non-hydrogen) atoms. The van der Waals surface area contributed by atoms with Gasteiger partial charge in [0.2, 0.25) is 5.91 Å². The van der Waals surface area contributed by atoms with Crippen molar-refractivity contribution in [1.82, 2.24) is 5.32 Å². The van der Waals surface area contributed by atoms with Gasteiger partial charge in [-0.15, -0.1) is 0 Å². The van der Waals surface area contributed by atoms with Crippen LogP contribution in [0.1, 0.15) is 96.8 Å². The summed E-state index contributed by atoms with van der Waals surface area (Å²) in [5, 5.41) is 3.74. The Morgan fingerprint density at radius 1 is 0.867 bits per heavy atom. The summed E-state index contributed by atoms with van der Waals surface area (Å²) in [6.45, 7) is 6.36. The highest BCUT2D eigenvalue weighted by atomic mass is 32.2. The van der Waals surface area contributed by atoms with Crippen molar-refractivity contribution in [2.45, 2.75) is 96.8 Å². The van der Waals surface area contributed by atoms with Crippen LogP contribution in [0.15, 0.2) is 24.1 Å². The van der Waals surface area contributed by atoms with Crippen molar-refractivity contribution in [3.8, 4) is 0 Å². The van der Waals surface area contributed by atoms with Crippen molar-refractivity contribution < 1.29 is 17.9 Å². The number of hydrogen-bond acceptors (Lipinski definition) is 4. The number of ether oxygens (including phenoxy) is 1. The Balaban J connectivity index is 3.31. The van der Waals surface area contributed by atoms with Gasteiger partial charge in [-0.25, -0.2) is 8.42 Å². The Bertz CT molecular complexity index is 543. The lowest BCUT2D eigenvalue weighted by atomic mass is 10.1. The van der Waals surface area contributed by atoms with E-state index < -0.39 is 9.84 Å². The van der Waals surface area contributed by atoms with Crippen LogP contribution in [0, 0.1) is 0 Å². The number of unbranched alkanes of at least 4 members (excludes halogenated alkanes) is 11. The van der Waals surface area contributed by atoms with E-state index in [1.807, 2.05) is 0 Å². The Labute approximate surface area is 185 Å². The molecule has 0 aromatic heterocycles. The molecule has 0 fully saturated rings. The van der Waals surface area contributed by atoms with E-state index in [4.69, 9.17) is 4.74 Å². The van der Waals surface area contributed by atoms with Crippen LogP contribution in [0.2, 0.25) is 0 Å². The number of sulfone groups is 1. The van der Waals surface area contributed by atoms with Crippen LogP contribution >= 0.6 is 0 Å². The predicted molar refractivity (Wildman–Crippen MR) is 127 cm³/mol. The van der Waals surface area contributed by atoms with Crippen LogP contribution in [0.5, 0.6) is 0 Å². The molecule has 0 spiro atoms. The van der Waals surface area contributed by atoms with Gasteiger partial charge >= 0.3 is 0 Å². The molecule has 0 unspecified atom stereocenters. The molecule has 0 aromatic carbocycles. The maximum Gasteiger partial charge on any atom is 0.220 e. The molecule has 176 valence electrons. The molecule has 0 bridgehead atoms. The van der Waals surface area contributed by atoms with E-state index >= 15 is 0 Å². The SMILES string of the molecule is C=CS(=O)(=O)CCOCCNC(=O)CCCCCCC/C=C\CCCCCCCC. The van der Waals surface area contributed by atoms with E-state index in [0.717, 1.165) is 18.2 Å². The maximum absolute atomic E-state index is 11.7. The molecule has 0 aliphatic heterocycles. The Hall–Kier alpha value is -1.14. The number of carbonyl (C=O) groups is 1. The first kappa shape index (κ1) is 28.9. The summed E-state index contributed by atoms with van der Waals surface area (Å²) in [4.78, 5) is 11.7. The molecule has 0 heterocycles. The van der Waals surface area contributed by atoms with Crippen LogP contribution < -0.4 is 5.32 Å². The molecule has 0 rings (SSSR count). The van der Waals surface area contributed by atoms with Crippen LogP contribution in [-0.4, -0.2) is 39.8 Å². The molecule has 0 radical (unpaired) electrons. The molecule has 0 saturated carbocycles. The molecule has 1 amide bonds. The van der Waals surface area contributed by atoms with Crippen molar-refractivity contribution >= 4 is 15.7 Å². The fraction of sp³-hybridized carbons (Fsp3) is 0.792. The van der Waals surface area contributed by atoms with E-state index in [-0.39, 0.29) is 18.3 Å². The lowest BCUT2D eigenvalue weighted by Crippen LogP contribution is -2.27. The summed E-state index contributed by atoms with van der Waals surface area (Å²) < 4.78 is 27.6. The van der Waals surface area contributed by atoms with Crippen LogP contribution in [-0.2, 0) is 19.4 Å². The third-order valence-electron chi connectivity index (χ3n) is 5.00. The number of amides is 1. The summed E-state index contributed by atoms with van der Waals surface area (Å²) >= 11 is 0. The molecular formula is C24H45NO4S. The van der Waals surface area contributed by atoms with E-state index in [2.05, 4.69) is 31.0 Å². The van der Waals surface area contributed by atoms with Gasteiger partial charge in [0.15, 0.2) is 9.84 Å². The Morgan fingerprint density at radius 2 is 1.43 bits per heavy atom. The average molecular weight is 444 g/mol. The highest BCUT2D eigenvalue weighted by molar-refractivity contribution is 7.94. The highest BCUT2D eigenvalue weighted by Gasteiger charge is 2.04. The van der Waals surface area contributed by atoms with Crippen molar-refractivity contribution in [2.75, 3.05) is 25.5 Å². The predicted octanol–water partition coefficient (Wildman–Crippen LogP) is 5.72. The number of carbonyl (C=O) groups excluding carboxylic acids is 1. The largest absolute Gasteiger partial charge is 0.379 e. The third-order valence-corrected chi connectivity index (χ3v) is 6.24. The number of hydrogen-bond donors (Lipinski definition) is 1. The van der Waals surface area contributed by atoms with E-state index in [9.17, 15) is 13.2 Å². The molecule has 0 aromatic rings. The van der Waals surface area contributed by atoms with Crippen LogP contribution in [0.3, 0.4) is 0 Å². The summed E-state index contributed by atoms with van der Waals surface area (Å²) in [6.07, 6.45) is 21.4. The second kappa shape index (κ2) is 21.1. The van der Waals surface area contributed by atoms with Gasteiger partial charge in [0.05, 0.1) is 19.0 Å². The number of allylic oxidation sites excluding steroid dienone is 2. The third kappa shape index (κ3) is 21.6. The maximum atomic E-state index is 11.7. The first-order valence-electron chi connectivity index (χ1n) is 11.9. The zero-order valence-electron chi connectivity index (χ0n) is 19.2. The van der Waals surface area contributed by atoms with Crippen molar-refractivity contribution in [2.24, 2.45) is 0 Å². The van der Waals surface area contributed by atoms with Gasteiger partial charge in [0, 0.05) is 18.4 Å². The van der Waals surface area contributed by atoms with E-state index in [1.165, 1.54) is 70.6 Å². The smallest absolute Gasteiger partial charge is 0.220 e. The highest BCUT2D eigenvalue weighted by Crippen LogP contribution is 2.09. The van der Waals surface area contributed by atoms with Crippen molar-refractivity contribution in [1.29, 1.82) is 0 Å². The average Bonchev–Trinajstić information content (AvgIpc) is 2.73. The molecule has 0 atom stereocenters. The number of nitrogens with one attached hydrogen (secondary N) is 1. The Kier molecular flexibility index (Phi) is 20.3. The van der Waals surface area contributed by atoms with E-state index in [0.29, 0.717) is 19.6 Å². The van der Waals surface area contributed by atoms with Gasteiger partial charge < -0.3 is 10.1 Å². The summed E-state index contributed by atoms with van der Waals surface area (Å²) in [5.74, 6) is -0.0331. The molecule has 1 N–H and O–H groups in total. The summed E-state index contributed by atoms with van der Waals surface area (Å²) in [6, 6.07) is 0. The molecule has 6 heteroatoms. The standard InChI is InChI=1S/C24H45NO4S/c1-3-5-6-7-8-9-10-11-12-13-14-15-16-17-18-19-24(26)25-20-21-29-22-23-30(27,28)4-2/h4,11-12H,2-3,5-10,13-23H2,1H3,(H,25,26)/b12-11-. The molecule has 0 saturated heterocycles. The monoisotopic (exact) mass is 443 g/mol. The molecule has 0 aliphatic carbocycles. The van der Waals surface area contributed by atoms with Gasteiger partial charge in [0.25, 0.3) is 0 Å². The topological polar surface area (TPSA) is 72.5 Å². The second-order valence-electron chi connectivity index (χ2n) is 7.83. The molecule has 0 aliphatic rings. The summed E-state index contributed by atoms with van der Waals surface area (Å²) in [7, 11) is -3.21. The second-order valence-corrected chi connectivity index (χ2v) is 9.90. The zero-order chi connectivity index (χ0) is 22.3. The molecular weight excluding hydrogens is 398 g/mol. The van der Waals surface area contributed by atoms with Gasteiger partial charge in [-0.05, 0) is 32.1 Å².